The number of carboxylic acids is 1. The Morgan fingerprint density at radius 3 is 1.17 bits per heavy atom. The summed E-state index contributed by atoms with van der Waals surface area (Å²) in [4.78, 5) is 23.4. The van der Waals surface area contributed by atoms with Gasteiger partial charge in [-0.25, -0.2) is 0 Å². The van der Waals surface area contributed by atoms with Crippen LogP contribution in [0, 0.1) is 0 Å². The van der Waals surface area contributed by atoms with Crippen molar-refractivity contribution in [3.05, 3.63) is 72.9 Å². The second-order valence-corrected chi connectivity index (χ2v) is 14.5. The zero-order valence-corrected chi connectivity index (χ0v) is 34.1. The van der Waals surface area contributed by atoms with Gasteiger partial charge in [-0.2, -0.15) is 0 Å². The van der Waals surface area contributed by atoms with Crippen molar-refractivity contribution in [1.29, 1.82) is 0 Å². The van der Waals surface area contributed by atoms with Crippen LogP contribution in [0.2, 0.25) is 0 Å². The van der Waals surface area contributed by atoms with Gasteiger partial charge in [0.25, 0.3) is 0 Å². The third-order valence-electron chi connectivity index (χ3n) is 9.46. The van der Waals surface area contributed by atoms with Crippen molar-refractivity contribution in [2.24, 2.45) is 0 Å². The van der Waals surface area contributed by atoms with Gasteiger partial charge >= 0.3 is 11.9 Å². The first-order chi connectivity index (χ1) is 25.6. The molecule has 0 aliphatic heterocycles. The maximum atomic E-state index is 12.7. The Morgan fingerprint density at radius 1 is 0.442 bits per heavy atom. The average molecular weight is 723 g/mol. The van der Waals surface area contributed by atoms with Crippen LogP contribution >= 0.6 is 0 Å². The molecule has 298 valence electrons. The summed E-state index contributed by atoms with van der Waals surface area (Å²) < 4.78 is 5.98. The molecule has 0 spiro atoms. The van der Waals surface area contributed by atoms with Gasteiger partial charge in [0.1, 0.15) is 6.10 Å². The number of carbonyl (C=O) groups excluding carboxylic acids is 1. The molecular weight excluding hydrogens is 641 g/mol. The third-order valence-corrected chi connectivity index (χ3v) is 9.46. The highest BCUT2D eigenvalue weighted by Crippen LogP contribution is 2.19. The molecular formula is C48H82O4. The molecule has 0 radical (unpaired) electrons. The Morgan fingerprint density at radius 2 is 0.788 bits per heavy atom. The van der Waals surface area contributed by atoms with E-state index in [9.17, 15) is 9.59 Å². The summed E-state index contributed by atoms with van der Waals surface area (Å²) >= 11 is 0. The fourth-order valence-electron chi connectivity index (χ4n) is 6.27. The number of esters is 1. The van der Waals surface area contributed by atoms with Crippen LogP contribution in [0.5, 0.6) is 0 Å². The summed E-state index contributed by atoms with van der Waals surface area (Å²) in [6.07, 6.45) is 60.8. The molecule has 52 heavy (non-hydrogen) atoms. The largest absolute Gasteiger partial charge is 0.481 e. The predicted molar refractivity (Wildman–Crippen MR) is 227 cm³/mol. The van der Waals surface area contributed by atoms with Crippen LogP contribution in [-0.4, -0.2) is 23.1 Å². The van der Waals surface area contributed by atoms with E-state index in [0.29, 0.717) is 6.42 Å². The summed E-state index contributed by atoms with van der Waals surface area (Å²) in [6.45, 7) is 4.44. The van der Waals surface area contributed by atoms with Gasteiger partial charge < -0.3 is 9.84 Å². The van der Waals surface area contributed by atoms with E-state index < -0.39 is 5.97 Å². The molecule has 4 nitrogen and oxygen atoms in total. The van der Waals surface area contributed by atoms with E-state index in [1.165, 1.54) is 89.9 Å². The van der Waals surface area contributed by atoms with Crippen molar-refractivity contribution in [3.63, 3.8) is 0 Å². The number of hydrogen-bond donors (Lipinski definition) is 1. The van der Waals surface area contributed by atoms with E-state index in [4.69, 9.17) is 9.84 Å². The molecule has 4 heteroatoms. The van der Waals surface area contributed by atoms with E-state index in [1.807, 2.05) is 0 Å². The minimum atomic E-state index is -0.709. The Hall–Kier alpha value is -2.62. The fraction of sp³-hybridized carbons (Fsp3) is 0.708. The number of carboxylic acid groups (broad SMARTS) is 1. The van der Waals surface area contributed by atoms with Crippen LogP contribution in [0.4, 0.5) is 0 Å². The van der Waals surface area contributed by atoms with Gasteiger partial charge in [0.15, 0.2) is 0 Å². The Balaban J connectivity index is 4.17. The average Bonchev–Trinajstić information content (AvgIpc) is 3.13. The lowest BCUT2D eigenvalue weighted by molar-refractivity contribution is -0.149. The van der Waals surface area contributed by atoms with E-state index in [1.54, 1.807) is 0 Å². The topological polar surface area (TPSA) is 63.6 Å². The number of rotatable bonds is 39. The zero-order valence-electron chi connectivity index (χ0n) is 34.1. The van der Waals surface area contributed by atoms with E-state index in [2.05, 4.69) is 86.8 Å². The first kappa shape index (κ1) is 49.4. The smallest absolute Gasteiger partial charge is 0.306 e. The first-order valence-corrected chi connectivity index (χ1v) is 21.9. The van der Waals surface area contributed by atoms with Gasteiger partial charge in [0.05, 0.1) is 0 Å². The van der Waals surface area contributed by atoms with Crippen molar-refractivity contribution < 1.29 is 19.4 Å². The molecule has 0 aliphatic rings. The quantitative estimate of drug-likeness (QED) is 0.0390. The van der Waals surface area contributed by atoms with E-state index in [0.717, 1.165) is 96.3 Å². The number of carbonyl (C=O) groups is 2. The minimum Gasteiger partial charge on any atom is -0.481 e. The summed E-state index contributed by atoms with van der Waals surface area (Å²) in [5.41, 5.74) is 0. The molecule has 0 saturated heterocycles. The lowest BCUT2D eigenvalue weighted by Crippen LogP contribution is -2.18. The lowest BCUT2D eigenvalue weighted by Gasteiger charge is -2.18. The minimum absolute atomic E-state index is 0.0127. The molecule has 0 fully saturated rings. The molecule has 0 saturated carbocycles. The van der Waals surface area contributed by atoms with E-state index >= 15 is 0 Å². The number of allylic oxidation sites excluding steroid dienone is 12. The highest BCUT2D eigenvalue weighted by atomic mass is 16.5. The molecule has 1 unspecified atom stereocenters. The zero-order chi connectivity index (χ0) is 37.8. The lowest BCUT2D eigenvalue weighted by atomic mass is 10.0. The molecule has 0 aromatic carbocycles. The second-order valence-electron chi connectivity index (χ2n) is 14.5. The normalized spacial score (nSPS) is 13.0. The molecule has 0 aromatic heterocycles. The molecule has 1 atom stereocenters. The molecule has 0 aliphatic carbocycles. The summed E-state index contributed by atoms with van der Waals surface area (Å²) in [5, 5.41) is 8.84. The Bertz CT molecular complexity index is 953. The van der Waals surface area contributed by atoms with Crippen molar-refractivity contribution >= 4 is 11.9 Å². The molecule has 0 amide bonds. The molecule has 0 heterocycles. The van der Waals surface area contributed by atoms with Crippen LogP contribution in [0.15, 0.2) is 72.9 Å². The maximum absolute atomic E-state index is 12.7. The second kappa shape index (κ2) is 42.8. The van der Waals surface area contributed by atoms with Gasteiger partial charge in [-0.3, -0.25) is 9.59 Å². The molecule has 1 N–H and O–H groups in total. The maximum Gasteiger partial charge on any atom is 0.306 e. The van der Waals surface area contributed by atoms with Crippen LogP contribution in [0.3, 0.4) is 0 Å². The van der Waals surface area contributed by atoms with Crippen LogP contribution in [0.25, 0.3) is 0 Å². The van der Waals surface area contributed by atoms with Crippen LogP contribution in [0.1, 0.15) is 213 Å². The van der Waals surface area contributed by atoms with Gasteiger partial charge in [0, 0.05) is 12.8 Å². The van der Waals surface area contributed by atoms with E-state index in [-0.39, 0.29) is 18.5 Å². The van der Waals surface area contributed by atoms with Gasteiger partial charge in [-0.15, -0.1) is 0 Å². The SMILES string of the molecule is CC/C=C\C/C=C\C/C=C\C/C=C\C/C=C\C/C=C\CCC(=O)OC(CCCCCCCCCCCCCCCCC)CCCCCCCC(=O)O. The van der Waals surface area contributed by atoms with Crippen molar-refractivity contribution in [2.75, 3.05) is 0 Å². The standard InChI is InChI=1S/C48H82O4/c1-3-5-7-9-11-13-15-17-19-20-21-22-24-26-28-30-32-37-41-45-48(51)52-46(43-39-35-33-36-40-44-47(49)50)42-38-34-31-29-27-25-23-18-16-14-12-10-8-6-4-2/h5,7,11,13,17,19,21-22,26,28,32,37,46H,3-4,6,8-10,12,14-16,18,20,23-25,27,29-31,33-36,38-45H2,1-2H3,(H,49,50)/b7-5-,13-11-,19-17-,22-21-,28-26-,37-32-. The van der Waals surface area contributed by atoms with Gasteiger partial charge in [-0.1, -0.05) is 196 Å². The fourth-order valence-corrected chi connectivity index (χ4v) is 6.27. The summed E-state index contributed by atoms with van der Waals surface area (Å²) in [7, 11) is 0. The Labute approximate surface area is 322 Å². The van der Waals surface area contributed by atoms with Crippen LogP contribution < -0.4 is 0 Å². The van der Waals surface area contributed by atoms with Gasteiger partial charge in [-0.05, 0) is 77.0 Å². The first-order valence-electron chi connectivity index (χ1n) is 21.9. The number of aliphatic carboxylic acids is 1. The number of hydrogen-bond acceptors (Lipinski definition) is 3. The molecule has 0 rings (SSSR count). The van der Waals surface area contributed by atoms with Crippen molar-refractivity contribution in [3.8, 4) is 0 Å². The van der Waals surface area contributed by atoms with Crippen molar-refractivity contribution in [1.82, 2.24) is 0 Å². The Kier molecular flexibility index (Phi) is 40.6. The highest BCUT2D eigenvalue weighted by Gasteiger charge is 2.14. The third kappa shape index (κ3) is 41.8. The number of ether oxygens (including phenoxy) is 1. The highest BCUT2D eigenvalue weighted by molar-refractivity contribution is 5.69. The predicted octanol–water partition coefficient (Wildman–Crippen LogP) is 15.5. The summed E-state index contributed by atoms with van der Waals surface area (Å²) in [6, 6.07) is 0. The van der Waals surface area contributed by atoms with Crippen molar-refractivity contribution in [2.45, 2.75) is 219 Å². The van der Waals surface area contributed by atoms with Crippen LogP contribution in [-0.2, 0) is 14.3 Å². The number of unbranched alkanes of at least 4 members (excludes halogenated alkanes) is 18. The van der Waals surface area contributed by atoms with Gasteiger partial charge in [0.2, 0.25) is 0 Å². The monoisotopic (exact) mass is 723 g/mol. The molecule has 0 bridgehead atoms. The summed E-state index contributed by atoms with van der Waals surface area (Å²) in [5.74, 6) is -0.786. The molecule has 0 aromatic rings.